The summed E-state index contributed by atoms with van der Waals surface area (Å²) < 4.78 is 6.33. The summed E-state index contributed by atoms with van der Waals surface area (Å²) in [6.45, 7) is 0.502. The number of carbonyl (C=O) groups is 1. The van der Waals surface area contributed by atoms with Crippen molar-refractivity contribution in [3.8, 4) is 5.75 Å². The second-order valence-electron chi connectivity index (χ2n) is 6.05. The Morgan fingerprint density at radius 1 is 1.11 bits per heavy atom. The smallest absolute Gasteiger partial charge is 0.234 e. The van der Waals surface area contributed by atoms with Crippen LogP contribution in [0.1, 0.15) is 10.4 Å². The highest BCUT2D eigenvalue weighted by atomic mass is 32.1. The Bertz CT molecular complexity index is 1040. The highest BCUT2D eigenvalue weighted by Gasteiger charge is 2.21. The van der Waals surface area contributed by atoms with E-state index in [2.05, 4.69) is 0 Å². The van der Waals surface area contributed by atoms with Crippen LogP contribution < -0.4 is 9.64 Å². The molecule has 0 N–H and O–H groups in total. The van der Waals surface area contributed by atoms with Crippen LogP contribution >= 0.6 is 22.7 Å². The third kappa shape index (κ3) is 4.02. The van der Waals surface area contributed by atoms with Crippen molar-refractivity contribution in [3.63, 3.8) is 0 Å². The van der Waals surface area contributed by atoms with E-state index >= 15 is 0 Å². The van der Waals surface area contributed by atoms with Gasteiger partial charge in [0.2, 0.25) is 5.91 Å². The fourth-order valence-corrected chi connectivity index (χ4v) is 4.48. The first-order chi connectivity index (χ1) is 13.2. The normalized spacial score (nSPS) is 10.9. The summed E-state index contributed by atoms with van der Waals surface area (Å²) in [4.78, 5) is 20.6. The van der Waals surface area contributed by atoms with Crippen LogP contribution in [0.15, 0.2) is 66.0 Å². The van der Waals surface area contributed by atoms with Crippen molar-refractivity contribution >= 4 is 43.9 Å². The number of ether oxygens (including phenoxy) is 1. The lowest BCUT2D eigenvalue weighted by molar-refractivity contribution is -0.118. The Labute approximate surface area is 165 Å². The predicted molar refractivity (Wildman–Crippen MR) is 112 cm³/mol. The molecule has 0 saturated heterocycles. The van der Waals surface area contributed by atoms with Gasteiger partial charge in [0, 0.05) is 10.9 Å². The predicted octanol–water partition coefficient (Wildman–Crippen LogP) is 5.14. The van der Waals surface area contributed by atoms with Crippen LogP contribution in [0, 0.1) is 0 Å². The molecule has 0 saturated carbocycles. The quantitative estimate of drug-likeness (QED) is 0.455. The minimum Gasteiger partial charge on any atom is -0.497 e. The summed E-state index contributed by atoms with van der Waals surface area (Å²) >= 11 is 3.13. The maximum absolute atomic E-state index is 13.1. The zero-order valence-electron chi connectivity index (χ0n) is 14.8. The summed E-state index contributed by atoms with van der Waals surface area (Å²) in [6, 6.07) is 19.8. The summed E-state index contributed by atoms with van der Waals surface area (Å²) in [5.41, 5.74) is 1.92. The van der Waals surface area contributed by atoms with E-state index in [-0.39, 0.29) is 5.91 Å². The van der Waals surface area contributed by atoms with Gasteiger partial charge in [0.25, 0.3) is 0 Å². The molecular formula is C21H18N2O2S2. The number of methoxy groups -OCH3 is 1. The SMILES string of the molecule is COc1ccc2sc(N(Cc3ccccc3)C(=O)Cc3cccs3)nc2c1. The maximum atomic E-state index is 13.1. The van der Waals surface area contributed by atoms with Gasteiger partial charge in [0.1, 0.15) is 5.75 Å². The summed E-state index contributed by atoms with van der Waals surface area (Å²) in [6.07, 6.45) is 0.379. The van der Waals surface area contributed by atoms with Crippen LogP contribution in [0.4, 0.5) is 5.13 Å². The number of thiazole rings is 1. The number of aromatic nitrogens is 1. The number of rotatable bonds is 6. The molecule has 27 heavy (non-hydrogen) atoms. The Kier molecular flexibility index (Phi) is 5.18. The molecule has 4 rings (SSSR count). The Balaban J connectivity index is 1.69. The van der Waals surface area contributed by atoms with Crippen LogP contribution in [0.5, 0.6) is 5.75 Å². The van der Waals surface area contributed by atoms with Gasteiger partial charge in [-0.25, -0.2) is 4.98 Å². The van der Waals surface area contributed by atoms with Crippen LogP contribution in [-0.4, -0.2) is 18.0 Å². The number of benzene rings is 2. The molecule has 2 heterocycles. The van der Waals surface area contributed by atoms with Crippen molar-refractivity contribution in [2.45, 2.75) is 13.0 Å². The van der Waals surface area contributed by atoms with Crippen molar-refractivity contribution < 1.29 is 9.53 Å². The van der Waals surface area contributed by atoms with E-state index in [0.29, 0.717) is 18.1 Å². The molecule has 0 spiro atoms. The first-order valence-electron chi connectivity index (χ1n) is 8.54. The fourth-order valence-electron chi connectivity index (χ4n) is 2.82. The number of anilines is 1. The second-order valence-corrected chi connectivity index (χ2v) is 8.09. The third-order valence-electron chi connectivity index (χ3n) is 4.20. The number of hydrogen-bond donors (Lipinski definition) is 0. The first-order valence-corrected chi connectivity index (χ1v) is 10.2. The third-order valence-corrected chi connectivity index (χ3v) is 6.14. The van der Waals surface area contributed by atoms with E-state index < -0.39 is 0 Å². The molecule has 0 atom stereocenters. The molecule has 4 aromatic rings. The van der Waals surface area contributed by atoms with Gasteiger partial charge in [-0.3, -0.25) is 9.69 Å². The van der Waals surface area contributed by atoms with Gasteiger partial charge in [0.05, 0.1) is 30.3 Å². The van der Waals surface area contributed by atoms with Crippen molar-refractivity contribution in [1.82, 2.24) is 4.98 Å². The van der Waals surface area contributed by atoms with E-state index in [1.54, 1.807) is 23.3 Å². The first kappa shape index (κ1) is 17.7. The molecule has 0 fully saturated rings. The number of carbonyl (C=O) groups excluding carboxylic acids is 1. The monoisotopic (exact) mass is 394 g/mol. The van der Waals surface area contributed by atoms with Gasteiger partial charge in [0.15, 0.2) is 5.13 Å². The van der Waals surface area contributed by atoms with Gasteiger partial charge >= 0.3 is 0 Å². The van der Waals surface area contributed by atoms with Gasteiger partial charge in [-0.1, -0.05) is 47.7 Å². The topological polar surface area (TPSA) is 42.4 Å². The number of nitrogens with zero attached hydrogens (tertiary/aromatic N) is 2. The van der Waals surface area contributed by atoms with Crippen molar-refractivity contribution in [2.75, 3.05) is 12.0 Å². The molecule has 0 unspecified atom stereocenters. The highest BCUT2D eigenvalue weighted by molar-refractivity contribution is 7.22. The lowest BCUT2D eigenvalue weighted by atomic mass is 10.2. The van der Waals surface area contributed by atoms with Crippen molar-refractivity contribution in [1.29, 1.82) is 0 Å². The summed E-state index contributed by atoms with van der Waals surface area (Å²) in [5.74, 6) is 0.811. The lowest BCUT2D eigenvalue weighted by Gasteiger charge is -2.19. The number of thiophene rings is 1. The highest BCUT2D eigenvalue weighted by Crippen LogP contribution is 2.32. The van der Waals surface area contributed by atoms with Gasteiger partial charge in [-0.2, -0.15) is 0 Å². The van der Waals surface area contributed by atoms with Gasteiger partial charge in [-0.15, -0.1) is 11.3 Å². The molecule has 0 radical (unpaired) electrons. The van der Waals surface area contributed by atoms with Crippen molar-refractivity contribution in [2.24, 2.45) is 0 Å². The van der Waals surface area contributed by atoms with Crippen LogP contribution in [-0.2, 0) is 17.8 Å². The molecule has 136 valence electrons. The minimum absolute atomic E-state index is 0.0484. The maximum Gasteiger partial charge on any atom is 0.234 e. The van der Waals surface area contributed by atoms with Gasteiger partial charge in [-0.05, 0) is 29.1 Å². The zero-order chi connectivity index (χ0) is 18.6. The van der Waals surface area contributed by atoms with Crippen molar-refractivity contribution in [3.05, 3.63) is 76.5 Å². The van der Waals surface area contributed by atoms with Crippen LogP contribution in [0.25, 0.3) is 10.2 Å². The van der Waals surface area contributed by atoms with E-state index in [1.807, 2.05) is 66.0 Å². The van der Waals surface area contributed by atoms with E-state index in [1.165, 1.54) is 11.3 Å². The molecule has 0 aliphatic heterocycles. The van der Waals surface area contributed by atoms with Gasteiger partial charge < -0.3 is 4.74 Å². The minimum atomic E-state index is 0.0484. The molecule has 1 amide bonds. The molecule has 0 bridgehead atoms. The number of amides is 1. The fraction of sp³-hybridized carbons (Fsp3) is 0.143. The lowest BCUT2D eigenvalue weighted by Crippen LogP contribution is -2.31. The molecule has 2 aromatic carbocycles. The number of fused-ring (bicyclic) bond motifs is 1. The molecule has 4 nitrogen and oxygen atoms in total. The largest absolute Gasteiger partial charge is 0.497 e. The Morgan fingerprint density at radius 3 is 2.70 bits per heavy atom. The summed E-state index contributed by atoms with van der Waals surface area (Å²) in [5, 5.41) is 2.71. The Hall–Kier alpha value is -2.70. The molecule has 0 aliphatic rings. The molecule has 6 heteroatoms. The van der Waals surface area contributed by atoms with E-state index in [4.69, 9.17) is 9.72 Å². The number of hydrogen-bond acceptors (Lipinski definition) is 5. The molecule has 0 aliphatic carbocycles. The second kappa shape index (κ2) is 7.90. The molecular weight excluding hydrogens is 376 g/mol. The average Bonchev–Trinajstić information content (AvgIpc) is 3.35. The summed E-state index contributed by atoms with van der Waals surface area (Å²) in [7, 11) is 1.64. The van der Waals surface area contributed by atoms with E-state index in [0.717, 1.165) is 26.4 Å². The average molecular weight is 395 g/mol. The standard InChI is InChI=1S/C21H18N2O2S2/c1-25-16-9-10-19-18(12-16)22-21(27-19)23(14-15-6-3-2-4-7-15)20(24)13-17-8-5-11-26-17/h2-12H,13-14H2,1H3. The zero-order valence-corrected chi connectivity index (χ0v) is 16.4. The van der Waals surface area contributed by atoms with E-state index in [9.17, 15) is 4.79 Å². The molecule has 2 aromatic heterocycles. The van der Waals surface area contributed by atoms with Crippen LogP contribution in [0.2, 0.25) is 0 Å². The van der Waals surface area contributed by atoms with Crippen LogP contribution in [0.3, 0.4) is 0 Å². The Morgan fingerprint density at radius 2 is 1.96 bits per heavy atom.